The molecule has 0 radical (unpaired) electrons. The topological polar surface area (TPSA) is 34.9 Å². The lowest BCUT2D eigenvalue weighted by atomic mass is 10.1. The maximum atomic E-state index is 12.4. The van der Waals surface area contributed by atoms with Gasteiger partial charge in [-0.05, 0) is 28.1 Å². The summed E-state index contributed by atoms with van der Waals surface area (Å²) >= 11 is 4.98. The molecule has 0 fully saturated rings. The molecule has 1 aromatic carbocycles. The summed E-state index contributed by atoms with van der Waals surface area (Å²) in [7, 11) is 1.86. The van der Waals surface area contributed by atoms with Gasteiger partial charge in [-0.25, -0.2) is 0 Å². The summed E-state index contributed by atoms with van der Waals surface area (Å²) in [5.41, 5.74) is 1.54. The monoisotopic (exact) mass is 334 g/mol. The Morgan fingerprint density at radius 3 is 2.95 bits per heavy atom. The zero-order chi connectivity index (χ0) is 13.4. The number of rotatable bonds is 3. The van der Waals surface area contributed by atoms with Crippen LogP contribution in [-0.4, -0.2) is 15.6 Å². The Kier molecular flexibility index (Phi) is 3.24. The number of carbonyl (C=O) groups excluding carboxylic acids is 1. The molecule has 0 aliphatic rings. The Morgan fingerprint density at radius 2 is 2.21 bits per heavy atom. The minimum atomic E-state index is 0.0613. The van der Waals surface area contributed by atoms with Crippen LogP contribution < -0.4 is 0 Å². The van der Waals surface area contributed by atoms with Gasteiger partial charge < -0.3 is 0 Å². The highest BCUT2D eigenvalue weighted by Crippen LogP contribution is 2.23. The third-order valence-corrected chi connectivity index (χ3v) is 4.68. The highest BCUT2D eigenvalue weighted by molar-refractivity contribution is 9.10. The number of thiophene rings is 1. The number of Topliss-reactive ketones (excluding diaryl/α,β-unsaturated/α-hetero) is 1. The van der Waals surface area contributed by atoms with E-state index in [9.17, 15) is 4.79 Å². The van der Waals surface area contributed by atoms with Crippen LogP contribution in [0, 0.1) is 0 Å². The number of benzene rings is 1. The second-order valence-electron chi connectivity index (χ2n) is 4.32. The summed E-state index contributed by atoms with van der Waals surface area (Å²) in [5, 5.41) is 7.26. The maximum absolute atomic E-state index is 12.4. The minimum absolute atomic E-state index is 0.0613. The highest BCUT2D eigenvalue weighted by atomic mass is 79.9. The van der Waals surface area contributed by atoms with Crippen LogP contribution in [0.1, 0.15) is 15.4 Å². The molecule has 2 heterocycles. The van der Waals surface area contributed by atoms with Gasteiger partial charge in [-0.15, -0.1) is 11.3 Å². The Labute approximate surface area is 123 Å². The van der Waals surface area contributed by atoms with Gasteiger partial charge in [0, 0.05) is 33.6 Å². The number of ketones is 1. The molecule has 0 saturated carbocycles. The normalized spacial score (nSPS) is 11.1. The van der Waals surface area contributed by atoms with Crippen LogP contribution >= 0.6 is 27.3 Å². The van der Waals surface area contributed by atoms with Gasteiger partial charge in [0.25, 0.3) is 0 Å². The van der Waals surface area contributed by atoms with E-state index in [2.05, 4.69) is 21.0 Å². The van der Waals surface area contributed by atoms with Crippen LogP contribution in [0.4, 0.5) is 0 Å². The van der Waals surface area contributed by atoms with Crippen LogP contribution in [0.5, 0.6) is 0 Å². The molecule has 2 aromatic heterocycles. The number of nitrogens with zero attached hydrogens (tertiary/aromatic N) is 2. The fourth-order valence-corrected chi connectivity index (χ4v) is 3.56. The van der Waals surface area contributed by atoms with Crippen molar-refractivity contribution in [3.05, 3.63) is 50.8 Å². The summed E-state index contributed by atoms with van der Waals surface area (Å²) < 4.78 is 2.78. The maximum Gasteiger partial charge on any atom is 0.188 e. The molecular weight excluding hydrogens is 324 g/mol. The van der Waals surface area contributed by atoms with Crippen molar-refractivity contribution >= 4 is 44.0 Å². The fraction of sp³-hybridized carbons (Fsp3) is 0.143. The summed E-state index contributed by atoms with van der Waals surface area (Å²) in [5.74, 6) is 0.0613. The molecule has 5 heteroatoms. The number of hydrogen-bond donors (Lipinski definition) is 0. The second-order valence-corrected chi connectivity index (χ2v) is 6.23. The number of hydrogen-bond acceptors (Lipinski definition) is 3. The van der Waals surface area contributed by atoms with Gasteiger partial charge >= 0.3 is 0 Å². The quantitative estimate of drug-likeness (QED) is 0.682. The van der Waals surface area contributed by atoms with Gasteiger partial charge in [0.1, 0.15) is 5.69 Å². The Bertz CT molecular complexity index is 760. The number of para-hydroxylation sites is 1. The molecule has 0 spiro atoms. The molecule has 0 aliphatic carbocycles. The predicted octanol–water partition coefficient (Wildman–Crippen LogP) is 3.82. The van der Waals surface area contributed by atoms with Crippen LogP contribution in [-0.2, 0) is 13.5 Å². The lowest BCUT2D eigenvalue weighted by Gasteiger charge is -1.95. The standard InChI is InChI=1S/C14H11BrN2OS/c1-17-12-5-3-2-4-11(12)14(16-17)13(18)7-10-6-9(15)8-19-10/h2-6,8H,7H2,1H3. The second kappa shape index (κ2) is 4.90. The largest absolute Gasteiger partial charge is 0.292 e. The lowest BCUT2D eigenvalue weighted by Crippen LogP contribution is -2.04. The molecule has 3 rings (SSSR count). The highest BCUT2D eigenvalue weighted by Gasteiger charge is 2.16. The van der Waals surface area contributed by atoms with Crippen LogP contribution in [0.25, 0.3) is 10.9 Å². The van der Waals surface area contributed by atoms with Gasteiger partial charge in [-0.1, -0.05) is 18.2 Å². The van der Waals surface area contributed by atoms with Crippen molar-refractivity contribution in [1.82, 2.24) is 9.78 Å². The molecule has 3 nitrogen and oxygen atoms in total. The number of halogens is 1. The fourth-order valence-electron chi connectivity index (χ4n) is 2.11. The summed E-state index contributed by atoms with van der Waals surface area (Å²) in [6.07, 6.45) is 0.400. The average Bonchev–Trinajstić information content (AvgIpc) is 2.95. The van der Waals surface area contributed by atoms with E-state index in [1.54, 1.807) is 16.0 Å². The number of carbonyl (C=O) groups is 1. The third-order valence-electron chi connectivity index (χ3n) is 2.98. The average molecular weight is 335 g/mol. The van der Waals surface area contributed by atoms with Crippen molar-refractivity contribution in [3.63, 3.8) is 0 Å². The zero-order valence-corrected chi connectivity index (χ0v) is 12.7. The van der Waals surface area contributed by atoms with Crippen molar-refractivity contribution in [2.75, 3.05) is 0 Å². The Balaban J connectivity index is 1.98. The van der Waals surface area contributed by atoms with Gasteiger partial charge in [0.15, 0.2) is 5.78 Å². The van der Waals surface area contributed by atoms with Crippen LogP contribution in [0.2, 0.25) is 0 Å². The van der Waals surface area contributed by atoms with E-state index in [-0.39, 0.29) is 5.78 Å². The molecule has 0 bridgehead atoms. The summed E-state index contributed by atoms with van der Waals surface area (Å²) in [4.78, 5) is 13.4. The third kappa shape index (κ3) is 2.35. The summed E-state index contributed by atoms with van der Waals surface area (Å²) in [6.45, 7) is 0. The van der Waals surface area contributed by atoms with Crippen molar-refractivity contribution in [1.29, 1.82) is 0 Å². The number of aromatic nitrogens is 2. The van der Waals surface area contributed by atoms with Crippen LogP contribution in [0.15, 0.2) is 40.2 Å². The van der Waals surface area contributed by atoms with Crippen molar-refractivity contribution in [2.45, 2.75) is 6.42 Å². The van der Waals surface area contributed by atoms with Gasteiger partial charge in [-0.3, -0.25) is 9.48 Å². The molecule has 0 unspecified atom stereocenters. The first-order valence-corrected chi connectivity index (χ1v) is 7.50. The van der Waals surface area contributed by atoms with E-state index in [0.29, 0.717) is 12.1 Å². The Morgan fingerprint density at radius 1 is 1.42 bits per heavy atom. The van der Waals surface area contributed by atoms with Crippen molar-refractivity contribution in [3.8, 4) is 0 Å². The number of fused-ring (bicyclic) bond motifs is 1. The zero-order valence-electron chi connectivity index (χ0n) is 10.3. The van der Waals surface area contributed by atoms with E-state index in [0.717, 1.165) is 20.3 Å². The van der Waals surface area contributed by atoms with Crippen molar-refractivity contribution in [2.24, 2.45) is 7.05 Å². The molecule has 0 saturated heterocycles. The van der Waals surface area contributed by atoms with Crippen LogP contribution in [0.3, 0.4) is 0 Å². The smallest absolute Gasteiger partial charge is 0.188 e. The lowest BCUT2D eigenvalue weighted by molar-refractivity contribution is 0.0990. The minimum Gasteiger partial charge on any atom is -0.292 e. The van der Waals surface area contributed by atoms with E-state index >= 15 is 0 Å². The van der Waals surface area contributed by atoms with Gasteiger partial charge in [-0.2, -0.15) is 5.10 Å². The Hall–Kier alpha value is -1.46. The predicted molar refractivity (Wildman–Crippen MR) is 80.8 cm³/mol. The molecule has 0 N–H and O–H groups in total. The SMILES string of the molecule is Cn1nc(C(=O)Cc2cc(Br)cs2)c2ccccc21. The van der Waals surface area contributed by atoms with E-state index < -0.39 is 0 Å². The number of aryl methyl sites for hydroxylation is 1. The van der Waals surface area contributed by atoms with Crippen molar-refractivity contribution < 1.29 is 4.79 Å². The first kappa shape index (κ1) is 12.6. The molecule has 0 amide bonds. The molecule has 0 atom stereocenters. The molecular formula is C14H11BrN2OS. The molecule has 19 heavy (non-hydrogen) atoms. The summed E-state index contributed by atoms with van der Waals surface area (Å²) in [6, 6.07) is 9.78. The molecule has 3 aromatic rings. The van der Waals surface area contributed by atoms with E-state index in [1.807, 2.05) is 42.8 Å². The van der Waals surface area contributed by atoms with E-state index in [4.69, 9.17) is 0 Å². The molecule has 0 aliphatic heterocycles. The van der Waals surface area contributed by atoms with E-state index in [1.165, 1.54) is 0 Å². The molecule has 96 valence electrons. The first-order chi connectivity index (χ1) is 9.15. The van der Waals surface area contributed by atoms with Gasteiger partial charge in [0.05, 0.1) is 5.52 Å². The first-order valence-electron chi connectivity index (χ1n) is 5.83. The van der Waals surface area contributed by atoms with Gasteiger partial charge in [0.2, 0.25) is 0 Å².